The van der Waals surface area contributed by atoms with Gasteiger partial charge in [-0.3, -0.25) is 9.89 Å². The molecule has 4 rings (SSSR count). The molecular formula is C19H27FN4O. The lowest BCUT2D eigenvalue weighted by molar-refractivity contribution is 0.0195. The number of ether oxygens (including phenoxy) is 1. The Hall–Kier alpha value is -1.66. The van der Waals surface area contributed by atoms with Gasteiger partial charge < -0.3 is 15.0 Å². The third-order valence-electron chi connectivity index (χ3n) is 5.65. The summed E-state index contributed by atoms with van der Waals surface area (Å²) in [6, 6.07) is 7.98. The summed E-state index contributed by atoms with van der Waals surface area (Å²) in [5, 5.41) is 3.55. The monoisotopic (exact) mass is 346 g/mol. The third-order valence-corrected chi connectivity index (χ3v) is 5.65. The van der Waals surface area contributed by atoms with E-state index in [9.17, 15) is 4.39 Å². The second-order valence-corrected chi connectivity index (χ2v) is 7.20. The number of guanidine groups is 1. The lowest BCUT2D eigenvalue weighted by Crippen LogP contribution is -2.47. The number of benzene rings is 1. The fourth-order valence-electron chi connectivity index (χ4n) is 4.11. The molecule has 136 valence electrons. The third kappa shape index (κ3) is 3.65. The quantitative estimate of drug-likeness (QED) is 0.668. The molecular weight excluding hydrogens is 319 g/mol. The van der Waals surface area contributed by atoms with Crippen LogP contribution >= 0.6 is 0 Å². The fourth-order valence-corrected chi connectivity index (χ4v) is 4.11. The van der Waals surface area contributed by atoms with Crippen molar-refractivity contribution in [2.24, 2.45) is 4.99 Å². The lowest BCUT2D eigenvalue weighted by atomic mass is 10.1. The average Bonchev–Trinajstić information content (AvgIpc) is 3.23. The molecule has 1 aromatic rings. The van der Waals surface area contributed by atoms with E-state index in [-0.39, 0.29) is 17.8 Å². The average molecular weight is 346 g/mol. The first-order valence-corrected chi connectivity index (χ1v) is 9.30. The van der Waals surface area contributed by atoms with Gasteiger partial charge in [-0.05, 0) is 24.5 Å². The summed E-state index contributed by atoms with van der Waals surface area (Å²) in [4.78, 5) is 9.36. The molecule has 3 unspecified atom stereocenters. The summed E-state index contributed by atoms with van der Waals surface area (Å²) < 4.78 is 19.4. The van der Waals surface area contributed by atoms with E-state index in [2.05, 4.69) is 20.1 Å². The van der Waals surface area contributed by atoms with Crippen LogP contribution < -0.4 is 5.32 Å². The Bertz CT molecular complexity index is 632. The molecule has 2 heterocycles. The second-order valence-electron chi connectivity index (χ2n) is 7.20. The van der Waals surface area contributed by atoms with Gasteiger partial charge in [0.25, 0.3) is 0 Å². The Kier molecular flexibility index (Phi) is 4.90. The summed E-state index contributed by atoms with van der Waals surface area (Å²) >= 11 is 0. The van der Waals surface area contributed by atoms with Gasteiger partial charge in [0, 0.05) is 51.2 Å². The van der Waals surface area contributed by atoms with Gasteiger partial charge in [-0.2, -0.15) is 0 Å². The van der Waals surface area contributed by atoms with Gasteiger partial charge in [-0.25, -0.2) is 4.39 Å². The number of halogens is 1. The molecule has 2 saturated heterocycles. The summed E-state index contributed by atoms with van der Waals surface area (Å²) in [5.41, 5.74) is 0.822. The highest BCUT2D eigenvalue weighted by Crippen LogP contribution is 2.42. The number of morpholine rings is 1. The molecule has 3 atom stereocenters. The predicted octanol–water partition coefficient (Wildman–Crippen LogP) is 1.66. The smallest absolute Gasteiger partial charge is 0.193 e. The van der Waals surface area contributed by atoms with Crippen LogP contribution in [0.4, 0.5) is 4.39 Å². The molecule has 1 saturated carbocycles. The number of rotatable bonds is 3. The van der Waals surface area contributed by atoms with E-state index in [1.807, 2.05) is 19.2 Å². The molecule has 2 aliphatic heterocycles. The van der Waals surface area contributed by atoms with E-state index in [0.717, 1.165) is 57.3 Å². The zero-order chi connectivity index (χ0) is 17.2. The van der Waals surface area contributed by atoms with Crippen LogP contribution in [0.25, 0.3) is 0 Å². The molecule has 1 aliphatic carbocycles. The Morgan fingerprint density at radius 2 is 2.04 bits per heavy atom. The first-order chi connectivity index (χ1) is 12.3. The summed E-state index contributed by atoms with van der Waals surface area (Å²) in [6.45, 7) is 5.78. The molecule has 0 spiro atoms. The highest BCUT2D eigenvalue weighted by atomic mass is 19.1. The van der Waals surface area contributed by atoms with Gasteiger partial charge in [0.1, 0.15) is 5.82 Å². The van der Waals surface area contributed by atoms with E-state index >= 15 is 0 Å². The minimum Gasteiger partial charge on any atom is -0.379 e. The van der Waals surface area contributed by atoms with Crippen molar-refractivity contribution in [2.75, 3.05) is 46.4 Å². The van der Waals surface area contributed by atoms with Crippen LogP contribution in [0, 0.1) is 5.82 Å². The highest BCUT2D eigenvalue weighted by molar-refractivity contribution is 5.81. The van der Waals surface area contributed by atoms with Crippen LogP contribution in [-0.2, 0) is 4.74 Å². The number of nitrogens with one attached hydrogen (secondary N) is 1. The molecule has 1 N–H and O–H groups in total. The molecule has 0 radical (unpaired) electrons. The Balaban J connectivity index is 1.32. The van der Waals surface area contributed by atoms with Crippen molar-refractivity contribution in [3.8, 4) is 0 Å². The van der Waals surface area contributed by atoms with Crippen LogP contribution in [0.15, 0.2) is 29.3 Å². The summed E-state index contributed by atoms with van der Waals surface area (Å²) in [7, 11) is 1.84. The van der Waals surface area contributed by atoms with Crippen molar-refractivity contribution >= 4 is 5.96 Å². The number of aliphatic imine (C=N–C) groups is 1. The van der Waals surface area contributed by atoms with Gasteiger partial charge in [0.2, 0.25) is 0 Å². The minimum atomic E-state index is -0.0969. The van der Waals surface area contributed by atoms with Crippen LogP contribution in [-0.4, -0.2) is 74.3 Å². The molecule has 1 aromatic carbocycles. The van der Waals surface area contributed by atoms with Gasteiger partial charge in [-0.15, -0.1) is 0 Å². The zero-order valence-electron chi connectivity index (χ0n) is 14.8. The topological polar surface area (TPSA) is 40.1 Å². The highest BCUT2D eigenvalue weighted by Gasteiger charge is 2.41. The SMILES string of the molecule is CN=C(NC1CC1c1ccccc1F)N1CCC(N2CCOCC2)C1. The number of hydrogen-bond donors (Lipinski definition) is 1. The molecule has 6 heteroatoms. The van der Waals surface area contributed by atoms with Crippen LogP contribution in [0.2, 0.25) is 0 Å². The predicted molar refractivity (Wildman–Crippen MR) is 96.4 cm³/mol. The zero-order valence-corrected chi connectivity index (χ0v) is 14.8. The van der Waals surface area contributed by atoms with Crippen LogP contribution in [0.1, 0.15) is 24.3 Å². The molecule has 3 fully saturated rings. The van der Waals surface area contributed by atoms with Crippen LogP contribution in [0.3, 0.4) is 0 Å². The first-order valence-electron chi connectivity index (χ1n) is 9.30. The molecule has 0 bridgehead atoms. The molecule has 0 aromatic heterocycles. The van der Waals surface area contributed by atoms with E-state index in [1.165, 1.54) is 6.42 Å². The maximum absolute atomic E-state index is 13.9. The Labute approximate surface area is 148 Å². The van der Waals surface area contributed by atoms with E-state index < -0.39 is 0 Å². The fraction of sp³-hybridized carbons (Fsp3) is 0.632. The normalized spacial score (nSPS) is 30.6. The molecule has 0 amide bonds. The van der Waals surface area contributed by atoms with E-state index in [4.69, 9.17) is 4.74 Å². The van der Waals surface area contributed by atoms with Crippen molar-refractivity contribution in [3.05, 3.63) is 35.6 Å². The van der Waals surface area contributed by atoms with Crippen molar-refractivity contribution < 1.29 is 9.13 Å². The van der Waals surface area contributed by atoms with Crippen molar-refractivity contribution in [1.82, 2.24) is 15.1 Å². The lowest BCUT2D eigenvalue weighted by Gasteiger charge is -2.32. The first kappa shape index (κ1) is 16.8. The minimum absolute atomic E-state index is 0.0969. The maximum Gasteiger partial charge on any atom is 0.193 e. The number of hydrogen-bond acceptors (Lipinski definition) is 3. The maximum atomic E-state index is 13.9. The second kappa shape index (κ2) is 7.30. The van der Waals surface area contributed by atoms with E-state index in [1.54, 1.807) is 12.1 Å². The van der Waals surface area contributed by atoms with Crippen LogP contribution in [0.5, 0.6) is 0 Å². The molecule has 5 nitrogen and oxygen atoms in total. The van der Waals surface area contributed by atoms with Gasteiger partial charge in [0.05, 0.1) is 13.2 Å². The Morgan fingerprint density at radius 3 is 2.80 bits per heavy atom. The molecule has 25 heavy (non-hydrogen) atoms. The summed E-state index contributed by atoms with van der Waals surface area (Å²) in [6.07, 6.45) is 2.14. The number of likely N-dealkylation sites (tertiary alicyclic amines) is 1. The Morgan fingerprint density at radius 1 is 1.24 bits per heavy atom. The van der Waals surface area contributed by atoms with Crippen molar-refractivity contribution in [3.63, 3.8) is 0 Å². The number of nitrogens with zero attached hydrogens (tertiary/aromatic N) is 3. The standard InChI is InChI=1S/C19H27FN4O/c1-21-19(22-18-12-16(18)15-4-2-3-5-17(15)20)24-7-6-14(13-24)23-8-10-25-11-9-23/h2-5,14,16,18H,6-13H2,1H3,(H,21,22). The van der Waals surface area contributed by atoms with Crippen molar-refractivity contribution in [2.45, 2.75) is 30.8 Å². The largest absolute Gasteiger partial charge is 0.379 e. The van der Waals surface area contributed by atoms with Gasteiger partial charge in [0.15, 0.2) is 5.96 Å². The van der Waals surface area contributed by atoms with Crippen molar-refractivity contribution in [1.29, 1.82) is 0 Å². The van der Waals surface area contributed by atoms with E-state index in [0.29, 0.717) is 6.04 Å². The summed E-state index contributed by atoms with van der Waals surface area (Å²) in [5.74, 6) is 1.12. The molecule has 3 aliphatic rings. The van der Waals surface area contributed by atoms with Gasteiger partial charge in [-0.1, -0.05) is 18.2 Å². The van der Waals surface area contributed by atoms with Gasteiger partial charge >= 0.3 is 0 Å².